The Morgan fingerprint density at radius 1 is 0.839 bits per heavy atom. The fraction of sp³-hybridized carbons (Fsp3) is 0.519. The maximum absolute atomic E-state index is 5.32. The number of hydrogen-bond donors (Lipinski definition) is 0. The van der Waals surface area contributed by atoms with Crippen LogP contribution < -0.4 is 4.80 Å². The van der Waals surface area contributed by atoms with E-state index < -0.39 is 0 Å². The van der Waals surface area contributed by atoms with E-state index in [4.69, 9.17) is 4.99 Å². The van der Waals surface area contributed by atoms with E-state index >= 15 is 0 Å². The molecular weight excluding hydrogens is 464 g/mol. The van der Waals surface area contributed by atoms with Crippen LogP contribution in [0, 0.1) is 0 Å². The number of fused-ring (bicyclic) bond motifs is 1. The van der Waals surface area contributed by atoms with Crippen molar-refractivity contribution in [3.05, 3.63) is 63.9 Å². The van der Waals surface area contributed by atoms with Crippen LogP contribution in [0.1, 0.15) is 87.9 Å². The molecule has 0 bridgehead atoms. The third-order valence-electron chi connectivity index (χ3n) is 8.05. The van der Waals surface area contributed by atoms with Gasteiger partial charge in [0, 0.05) is 22.5 Å². The zero-order valence-electron chi connectivity index (χ0n) is 18.3. The summed E-state index contributed by atoms with van der Waals surface area (Å²) in [7, 11) is 0. The molecule has 3 saturated carbocycles. The summed E-state index contributed by atoms with van der Waals surface area (Å²) in [6, 6.07) is 17.2. The Morgan fingerprint density at radius 2 is 1.55 bits per heavy atom. The highest BCUT2D eigenvalue weighted by Crippen LogP contribution is 2.50. The van der Waals surface area contributed by atoms with Gasteiger partial charge in [0.15, 0.2) is 4.80 Å². The largest absolute Gasteiger partial charge is 0.317 e. The maximum atomic E-state index is 5.32. The second-order valence-corrected chi connectivity index (χ2v) is 10.6. The minimum Gasteiger partial charge on any atom is -0.317 e. The van der Waals surface area contributed by atoms with Crippen LogP contribution in [-0.4, -0.2) is 10.6 Å². The SMILES string of the molecule is Br.c1ccc2cc(C3(c4csc(=NC5CCCC5)n4C4CCCC4)CCC3)ccc2c1. The minimum absolute atomic E-state index is 0. The molecule has 3 aliphatic carbocycles. The van der Waals surface area contributed by atoms with Crippen LogP contribution in [0.5, 0.6) is 0 Å². The molecular formula is C27H33BrN2S. The molecule has 0 atom stereocenters. The third-order valence-corrected chi connectivity index (χ3v) is 8.90. The zero-order chi connectivity index (χ0) is 20.0. The van der Waals surface area contributed by atoms with Gasteiger partial charge in [0.05, 0.1) is 6.04 Å². The number of benzene rings is 2. The van der Waals surface area contributed by atoms with E-state index in [-0.39, 0.29) is 22.4 Å². The Kier molecular flexibility index (Phi) is 6.13. The van der Waals surface area contributed by atoms with Crippen LogP contribution in [0.25, 0.3) is 10.8 Å². The van der Waals surface area contributed by atoms with Crippen LogP contribution in [0.2, 0.25) is 0 Å². The molecule has 6 rings (SSSR count). The topological polar surface area (TPSA) is 17.3 Å². The van der Waals surface area contributed by atoms with Crippen LogP contribution in [0.3, 0.4) is 0 Å². The normalized spacial score (nSPS) is 22.0. The van der Waals surface area contributed by atoms with Crippen molar-refractivity contribution >= 4 is 39.1 Å². The fourth-order valence-corrected chi connectivity index (χ4v) is 7.30. The average Bonchev–Trinajstić information content (AvgIpc) is 3.50. The van der Waals surface area contributed by atoms with Gasteiger partial charge in [-0.2, -0.15) is 0 Å². The first-order valence-electron chi connectivity index (χ1n) is 12.1. The number of thiazole rings is 1. The molecule has 1 aromatic heterocycles. The smallest absolute Gasteiger partial charge is 0.185 e. The predicted octanol–water partition coefficient (Wildman–Crippen LogP) is 7.71. The summed E-state index contributed by atoms with van der Waals surface area (Å²) < 4.78 is 2.73. The molecule has 3 fully saturated rings. The Balaban J connectivity index is 0.00000204. The molecule has 4 heteroatoms. The van der Waals surface area contributed by atoms with Gasteiger partial charge in [0.2, 0.25) is 0 Å². The summed E-state index contributed by atoms with van der Waals surface area (Å²) >= 11 is 1.92. The second-order valence-electron chi connectivity index (χ2n) is 9.78. The summed E-state index contributed by atoms with van der Waals surface area (Å²) in [6.07, 6.45) is 14.6. The monoisotopic (exact) mass is 496 g/mol. The van der Waals surface area contributed by atoms with Crippen LogP contribution in [-0.2, 0) is 5.41 Å². The van der Waals surface area contributed by atoms with Crippen molar-refractivity contribution in [1.29, 1.82) is 0 Å². The maximum Gasteiger partial charge on any atom is 0.185 e. The van der Waals surface area contributed by atoms with E-state index in [9.17, 15) is 0 Å². The van der Waals surface area contributed by atoms with Gasteiger partial charge in [-0.1, -0.05) is 74.6 Å². The average molecular weight is 498 g/mol. The van der Waals surface area contributed by atoms with Crippen molar-refractivity contribution in [3.8, 4) is 0 Å². The molecule has 3 aromatic rings. The first kappa shape index (κ1) is 21.5. The highest BCUT2D eigenvalue weighted by molar-refractivity contribution is 8.93. The first-order valence-corrected chi connectivity index (χ1v) is 13.0. The Hall–Kier alpha value is -1.39. The fourth-order valence-electron chi connectivity index (χ4n) is 6.18. The molecule has 0 N–H and O–H groups in total. The summed E-state index contributed by atoms with van der Waals surface area (Å²) in [5.41, 5.74) is 3.27. The number of hydrogen-bond acceptors (Lipinski definition) is 2. The number of halogens is 1. The molecule has 0 aliphatic heterocycles. The molecule has 2 aromatic carbocycles. The highest BCUT2D eigenvalue weighted by atomic mass is 79.9. The summed E-state index contributed by atoms with van der Waals surface area (Å²) in [5, 5.41) is 5.21. The standard InChI is InChI=1S/C27H32N2S.BrH/c1-2-9-21-18-22(15-14-20(21)8-1)27(16-7-17-27)25-19-30-26(28-23-10-3-4-11-23)29(25)24-12-5-6-13-24;/h1-2,8-9,14-15,18-19,23-24H,3-7,10-13,16-17H2;1H. The molecule has 0 unspecified atom stereocenters. The lowest BCUT2D eigenvalue weighted by molar-refractivity contribution is 0.274. The summed E-state index contributed by atoms with van der Waals surface area (Å²) in [5.74, 6) is 0. The van der Waals surface area contributed by atoms with E-state index in [0.717, 1.165) is 0 Å². The van der Waals surface area contributed by atoms with E-state index in [1.165, 1.54) is 91.8 Å². The van der Waals surface area contributed by atoms with Crippen molar-refractivity contribution in [2.45, 2.75) is 88.1 Å². The van der Waals surface area contributed by atoms with Gasteiger partial charge in [-0.15, -0.1) is 28.3 Å². The molecule has 164 valence electrons. The lowest BCUT2D eigenvalue weighted by Gasteiger charge is -2.44. The van der Waals surface area contributed by atoms with Crippen molar-refractivity contribution < 1.29 is 0 Å². The summed E-state index contributed by atoms with van der Waals surface area (Å²) in [4.78, 5) is 6.64. The van der Waals surface area contributed by atoms with Gasteiger partial charge in [0.1, 0.15) is 0 Å². The van der Waals surface area contributed by atoms with Crippen molar-refractivity contribution in [2.24, 2.45) is 4.99 Å². The Labute approximate surface area is 200 Å². The lowest BCUT2D eigenvalue weighted by atomic mass is 9.62. The number of rotatable bonds is 4. The van der Waals surface area contributed by atoms with Gasteiger partial charge in [-0.05, 0) is 54.9 Å². The van der Waals surface area contributed by atoms with Crippen LogP contribution >= 0.6 is 28.3 Å². The second kappa shape index (κ2) is 8.86. The van der Waals surface area contributed by atoms with Gasteiger partial charge in [-0.3, -0.25) is 4.99 Å². The van der Waals surface area contributed by atoms with Crippen molar-refractivity contribution in [1.82, 2.24) is 4.57 Å². The zero-order valence-corrected chi connectivity index (χ0v) is 20.8. The van der Waals surface area contributed by atoms with Gasteiger partial charge >= 0.3 is 0 Å². The minimum atomic E-state index is 0. The Morgan fingerprint density at radius 3 is 2.26 bits per heavy atom. The van der Waals surface area contributed by atoms with E-state index in [2.05, 4.69) is 52.4 Å². The van der Waals surface area contributed by atoms with Crippen molar-refractivity contribution in [3.63, 3.8) is 0 Å². The molecule has 31 heavy (non-hydrogen) atoms. The third kappa shape index (κ3) is 3.74. The molecule has 2 nitrogen and oxygen atoms in total. The first-order chi connectivity index (χ1) is 14.8. The lowest BCUT2D eigenvalue weighted by Crippen LogP contribution is -2.40. The molecule has 0 saturated heterocycles. The van der Waals surface area contributed by atoms with Crippen molar-refractivity contribution in [2.75, 3.05) is 0 Å². The predicted molar refractivity (Wildman–Crippen MR) is 137 cm³/mol. The molecule has 0 radical (unpaired) electrons. The number of aromatic nitrogens is 1. The van der Waals surface area contributed by atoms with E-state index in [0.29, 0.717) is 12.1 Å². The van der Waals surface area contributed by atoms with Gasteiger partial charge in [-0.25, -0.2) is 0 Å². The summed E-state index contributed by atoms with van der Waals surface area (Å²) in [6.45, 7) is 0. The molecule has 0 spiro atoms. The van der Waals surface area contributed by atoms with E-state index in [1.807, 2.05) is 11.3 Å². The van der Waals surface area contributed by atoms with Gasteiger partial charge < -0.3 is 4.57 Å². The number of nitrogens with zero attached hydrogens (tertiary/aromatic N) is 2. The van der Waals surface area contributed by atoms with Crippen LogP contribution in [0.4, 0.5) is 0 Å². The van der Waals surface area contributed by atoms with Gasteiger partial charge in [0.25, 0.3) is 0 Å². The Bertz CT molecular complexity index is 1110. The van der Waals surface area contributed by atoms with E-state index in [1.54, 1.807) is 5.69 Å². The molecule has 0 amide bonds. The quantitative estimate of drug-likeness (QED) is 0.351. The molecule has 1 heterocycles. The van der Waals surface area contributed by atoms with Crippen LogP contribution in [0.15, 0.2) is 52.8 Å². The highest BCUT2D eigenvalue weighted by Gasteiger charge is 2.44. The molecule has 3 aliphatic rings.